The van der Waals surface area contributed by atoms with Crippen molar-refractivity contribution in [1.29, 1.82) is 0 Å². The van der Waals surface area contributed by atoms with E-state index in [0.29, 0.717) is 5.92 Å². The first-order valence-electron chi connectivity index (χ1n) is 5.30. The van der Waals surface area contributed by atoms with Crippen LogP contribution in [0.25, 0.3) is 0 Å². The fourth-order valence-electron chi connectivity index (χ4n) is 2.75. The largest absolute Gasteiger partial charge is 0.493 e. The Morgan fingerprint density at radius 1 is 1.53 bits per heavy atom. The van der Waals surface area contributed by atoms with Gasteiger partial charge in [0.2, 0.25) is 0 Å². The molecule has 3 rings (SSSR count). The van der Waals surface area contributed by atoms with E-state index in [-0.39, 0.29) is 12.0 Å². The van der Waals surface area contributed by atoms with Gasteiger partial charge in [-0.1, -0.05) is 11.6 Å². The molecule has 80 valence electrons. The van der Waals surface area contributed by atoms with Crippen LogP contribution in [0.3, 0.4) is 0 Å². The topological polar surface area (TPSA) is 29.5 Å². The number of fused-ring (bicyclic) bond motifs is 2. The molecule has 1 aromatic carbocycles. The average molecular weight is 225 g/mol. The second-order valence-corrected chi connectivity index (χ2v) is 4.92. The van der Waals surface area contributed by atoms with Crippen LogP contribution in [-0.2, 0) is 5.41 Å². The molecular weight excluding hydrogens is 212 g/mol. The molecule has 0 saturated heterocycles. The van der Waals surface area contributed by atoms with Gasteiger partial charge in [0.1, 0.15) is 5.75 Å². The molecule has 15 heavy (non-hydrogen) atoms. The number of hydrogen-bond acceptors (Lipinski definition) is 2. The summed E-state index contributed by atoms with van der Waals surface area (Å²) in [6.07, 6.45) is 2.08. The molecule has 1 N–H and O–H groups in total. The number of hydrogen-bond donors (Lipinski definition) is 1. The van der Waals surface area contributed by atoms with Crippen molar-refractivity contribution in [3.63, 3.8) is 0 Å². The molecule has 0 bridgehead atoms. The van der Waals surface area contributed by atoms with Crippen molar-refractivity contribution in [1.82, 2.24) is 0 Å². The van der Waals surface area contributed by atoms with Crippen molar-refractivity contribution in [2.24, 2.45) is 5.92 Å². The predicted molar refractivity (Wildman–Crippen MR) is 58.4 cm³/mol. The third-order valence-electron chi connectivity index (χ3n) is 3.74. The second-order valence-electron chi connectivity index (χ2n) is 4.48. The van der Waals surface area contributed by atoms with Gasteiger partial charge in [0.25, 0.3) is 0 Å². The Labute approximate surface area is 93.8 Å². The molecule has 1 aromatic rings. The van der Waals surface area contributed by atoms with Gasteiger partial charge in [-0.2, -0.15) is 0 Å². The normalized spacial score (nSPS) is 32.3. The second kappa shape index (κ2) is 3.13. The highest BCUT2D eigenvalue weighted by atomic mass is 35.5. The summed E-state index contributed by atoms with van der Waals surface area (Å²) in [5, 5.41) is 10.00. The lowest BCUT2D eigenvalue weighted by Crippen LogP contribution is -2.22. The summed E-state index contributed by atoms with van der Waals surface area (Å²) in [4.78, 5) is 0. The summed E-state index contributed by atoms with van der Waals surface area (Å²) < 4.78 is 5.61. The molecule has 0 unspecified atom stereocenters. The number of aliphatic hydroxyl groups is 1. The molecule has 0 amide bonds. The van der Waals surface area contributed by atoms with E-state index in [1.54, 1.807) is 0 Å². The van der Waals surface area contributed by atoms with Gasteiger partial charge in [-0.3, -0.25) is 0 Å². The number of benzene rings is 1. The third-order valence-corrected chi connectivity index (χ3v) is 3.97. The lowest BCUT2D eigenvalue weighted by Gasteiger charge is -2.27. The summed E-state index contributed by atoms with van der Waals surface area (Å²) in [5.74, 6) is 1.35. The summed E-state index contributed by atoms with van der Waals surface area (Å²) in [6.45, 7) is 1.02. The molecule has 2 nitrogen and oxygen atoms in total. The first-order valence-corrected chi connectivity index (χ1v) is 5.68. The van der Waals surface area contributed by atoms with Crippen molar-refractivity contribution in [2.75, 3.05) is 13.2 Å². The van der Waals surface area contributed by atoms with Gasteiger partial charge >= 0.3 is 0 Å². The van der Waals surface area contributed by atoms with E-state index < -0.39 is 0 Å². The van der Waals surface area contributed by atoms with E-state index in [4.69, 9.17) is 16.3 Å². The summed E-state index contributed by atoms with van der Waals surface area (Å²) in [5.41, 5.74) is 1.35. The molecule has 1 heterocycles. The molecule has 2 aliphatic rings. The van der Waals surface area contributed by atoms with Gasteiger partial charge in [0, 0.05) is 22.6 Å². The lowest BCUT2D eigenvalue weighted by molar-refractivity contribution is 0.224. The zero-order valence-electron chi connectivity index (χ0n) is 8.37. The Hall–Kier alpha value is -0.730. The smallest absolute Gasteiger partial charge is 0.123 e. The molecule has 1 aliphatic heterocycles. The fourth-order valence-corrected chi connectivity index (χ4v) is 2.92. The van der Waals surface area contributed by atoms with Gasteiger partial charge < -0.3 is 9.84 Å². The quantitative estimate of drug-likeness (QED) is 0.794. The van der Waals surface area contributed by atoms with E-state index in [9.17, 15) is 5.11 Å². The van der Waals surface area contributed by atoms with Gasteiger partial charge in [-0.25, -0.2) is 0 Å². The van der Waals surface area contributed by atoms with Crippen LogP contribution in [0.4, 0.5) is 0 Å². The van der Waals surface area contributed by atoms with Crippen LogP contribution in [0.15, 0.2) is 18.2 Å². The number of halogens is 1. The van der Waals surface area contributed by atoms with Gasteiger partial charge in [-0.05, 0) is 37.0 Å². The summed E-state index contributed by atoms with van der Waals surface area (Å²) in [6, 6.07) is 5.78. The standard InChI is InChI=1S/C12H13ClO2/c13-9-1-2-11-10(5-9)12(3-4-15-11)6-8(12)7-14/h1-2,5,8,14H,3-4,6-7H2/t8-,12-/m0/s1. The minimum Gasteiger partial charge on any atom is -0.493 e. The summed E-state index contributed by atoms with van der Waals surface area (Å²) >= 11 is 6.00. The van der Waals surface area contributed by atoms with E-state index >= 15 is 0 Å². The molecule has 1 spiro atoms. The van der Waals surface area contributed by atoms with Crippen molar-refractivity contribution in [3.8, 4) is 5.75 Å². The lowest BCUT2D eigenvalue weighted by atomic mass is 9.88. The average Bonchev–Trinajstić information content (AvgIpc) is 2.94. The number of rotatable bonds is 1. The molecule has 1 saturated carbocycles. The fraction of sp³-hybridized carbons (Fsp3) is 0.500. The van der Waals surface area contributed by atoms with Gasteiger partial charge in [0.15, 0.2) is 0 Å². The molecular formula is C12H13ClO2. The third kappa shape index (κ3) is 1.28. The monoisotopic (exact) mass is 224 g/mol. The van der Waals surface area contributed by atoms with Crippen molar-refractivity contribution in [3.05, 3.63) is 28.8 Å². The van der Waals surface area contributed by atoms with Crippen LogP contribution in [0, 0.1) is 5.92 Å². The molecule has 2 atom stereocenters. The van der Waals surface area contributed by atoms with Gasteiger partial charge in [-0.15, -0.1) is 0 Å². The van der Waals surface area contributed by atoms with Crippen LogP contribution >= 0.6 is 11.6 Å². The van der Waals surface area contributed by atoms with E-state index in [1.165, 1.54) is 5.56 Å². The van der Waals surface area contributed by atoms with Crippen LogP contribution < -0.4 is 4.74 Å². The Morgan fingerprint density at radius 3 is 3.13 bits per heavy atom. The zero-order valence-corrected chi connectivity index (χ0v) is 9.13. The maximum Gasteiger partial charge on any atom is 0.123 e. The van der Waals surface area contributed by atoms with Crippen molar-refractivity contribution in [2.45, 2.75) is 18.3 Å². The zero-order chi connectivity index (χ0) is 10.5. The number of aliphatic hydroxyl groups excluding tert-OH is 1. The molecule has 3 heteroatoms. The van der Waals surface area contributed by atoms with Gasteiger partial charge in [0.05, 0.1) is 6.61 Å². The first-order chi connectivity index (χ1) is 7.26. The van der Waals surface area contributed by atoms with E-state index in [1.807, 2.05) is 18.2 Å². The van der Waals surface area contributed by atoms with Crippen LogP contribution in [0.5, 0.6) is 5.75 Å². The molecule has 0 aromatic heterocycles. The Kier molecular flexibility index (Phi) is 1.98. The van der Waals surface area contributed by atoms with Crippen LogP contribution in [0.1, 0.15) is 18.4 Å². The molecule has 1 aliphatic carbocycles. The maximum atomic E-state index is 9.24. The molecule has 0 radical (unpaired) electrons. The summed E-state index contributed by atoms with van der Waals surface area (Å²) in [7, 11) is 0. The minimum atomic E-state index is 0.160. The van der Waals surface area contributed by atoms with Crippen LogP contribution in [0.2, 0.25) is 5.02 Å². The Bertz CT molecular complexity index is 405. The highest BCUT2D eigenvalue weighted by Gasteiger charge is 2.57. The van der Waals surface area contributed by atoms with E-state index in [2.05, 4.69) is 0 Å². The highest BCUT2D eigenvalue weighted by molar-refractivity contribution is 6.30. The Morgan fingerprint density at radius 2 is 2.40 bits per heavy atom. The minimum absolute atomic E-state index is 0.160. The highest BCUT2D eigenvalue weighted by Crippen LogP contribution is 2.60. The first kappa shape index (κ1) is 9.49. The Balaban J connectivity index is 2.07. The van der Waals surface area contributed by atoms with Crippen LogP contribution in [-0.4, -0.2) is 18.3 Å². The van der Waals surface area contributed by atoms with Crippen molar-refractivity contribution < 1.29 is 9.84 Å². The SMILES string of the molecule is OC[C@@H]1C[C@@]12CCOc1ccc(Cl)cc12. The molecule has 1 fully saturated rings. The van der Waals surface area contributed by atoms with Crippen molar-refractivity contribution >= 4 is 11.6 Å². The predicted octanol–water partition coefficient (Wildman–Crippen LogP) is 2.37. The number of ether oxygens (including phenoxy) is 1. The van der Waals surface area contributed by atoms with E-state index in [0.717, 1.165) is 30.2 Å². The maximum absolute atomic E-state index is 9.24.